The number of hydrogen-bond acceptors (Lipinski definition) is 6. The zero-order valence-corrected chi connectivity index (χ0v) is 15.8. The van der Waals surface area contributed by atoms with Crippen molar-refractivity contribution in [2.75, 3.05) is 5.32 Å². The quantitative estimate of drug-likeness (QED) is 0.512. The number of aromatic carboxylic acids is 1. The summed E-state index contributed by atoms with van der Waals surface area (Å²) < 4.78 is 10.9. The molecule has 7 nitrogen and oxygen atoms in total. The Morgan fingerprint density at radius 3 is 2.72 bits per heavy atom. The van der Waals surface area contributed by atoms with Crippen molar-refractivity contribution in [1.82, 2.24) is 5.16 Å². The van der Waals surface area contributed by atoms with Crippen molar-refractivity contribution in [3.8, 4) is 11.3 Å². The van der Waals surface area contributed by atoms with Gasteiger partial charge in [-0.1, -0.05) is 23.4 Å². The van der Waals surface area contributed by atoms with Gasteiger partial charge < -0.3 is 19.4 Å². The van der Waals surface area contributed by atoms with Crippen LogP contribution in [0, 0.1) is 6.92 Å². The Hall–Kier alpha value is -3.87. The number of carboxylic acids is 1. The molecule has 0 aliphatic carbocycles. The minimum Gasteiger partial charge on any atom is -0.478 e. The first-order chi connectivity index (χ1) is 13.9. The number of aromatic nitrogens is 1. The third-order valence-electron chi connectivity index (χ3n) is 4.71. The first kappa shape index (κ1) is 18.5. The van der Waals surface area contributed by atoms with E-state index in [-0.39, 0.29) is 17.0 Å². The summed E-state index contributed by atoms with van der Waals surface area (Å²) in [6.07, 6.45) is 2.88. The molecule has 146 valence electrons. The zero-order valence-electron chi connectivity index (χ0n) is 15.8. The lowest BCUT2D eigenvalue weighted by atomic mass is 10.0. The van der Waals surface area contributed by atoms with Gasteiger partial charge in [-0.15, -0.1) is 0 Å². The van der Waals surface area contributed by atoms with E-state index in [4.69, 9.17) is 8.94 Å². The minimum atomic E-state index is -1.02. The smallest absolute Gasteiger partial charge is 0.337 e. The van der Waals surface area contributed by atoms with Gasteiger partial charge in [0.15, 0.2) is 5.43 Å². The fraction of sp³-hybridized carbons (Fsp3) is 0.136. The summed E-state index contributed by atoms with van der Waals surface area (Å²) in [7, 11) is 0. The van der Waals surface area contributed by atoms with Gasteiger partial charge >= 0.3 is 5.97 Å². The number of fused-ring (bicyclic) bond motifs is 1. The molecule has 0 saturated carbocycles. The monoisotopic (exact) mass is 390 g/mol. The second-order valence-electron chi connectivity index (χ2n) is 6.84. The number of para-hydroxylation sites is 1. The number of rotatable bonds is 5. The van der Waals surface area contributed by atoms with Crippen molar-refractivity contribution in [3.63, 3.8) is 0 Å². The average Bonchev–Trinajstić information content (AvgIpc) is 3.23. The maximum absolute atomic E-state index is 12.7. The van der Waals surface area contributed by atoms with E-state index in [2.05, 4.69) is 10.5 Å². The van der Waals surface area contributed by atoms with Crippen LogP contribution >= 0.6 is 0 Å². The maximum atomic E-state index is 12.7. The topological polar surface area (TPSA) is 106 Å². The number of aryl methyl sites for hydroxylation is 1. The van der Waals surface area contributed by atoms with Crippen LogP contribution in [0.25, 0.3) is 22.3 Å². The third kappa shape index (κ3) is 3.50. The number of hydrogen-bond donors (Lipinski definition) is 2. The van der Waals surface area contributed by atoms with Crippen LogP contribution in [-0.4, -0.2) is 16.2 Å². The van der Waals surface area contributed by atoms with E-state index in [1.165, 1.54) is 24.6 Å². The first-order valence-corrected chi connectivity index (χ1v) is 9.01. The molecule has 0 fully saturated rings. The molecule has 0 amide bonds. The number of benzene rings is 2. The van der Waals surface area contributed by atoms with Crippen molar-refractivity contribution < 1.29 is 18.8 Å². The molecule has 0 aliphatic heterocycles. The van der Waals surface area contributed by atoms with Crippen molar-refractivity contribution in [2.45, 2.75) is 19.9 Å². The lowest BCUT2D eigenvalue weighted by molar-refractivity contribution is 0.0698. The van der Waals surface area contributed by atoms with Crippen LogP contribution in [0.4, 0.5) is 5.69 Å². The number of anilines is 1. The third-order valence-corrected chi connectivity index (χ3v) is 4.71. The Morgan fingerprint density at radius 1 is 1.21 bits per heavy atom. The molecule has 0 saturated heterocycles. The molecule has 2 aromatic heterocycles. The van der Waals surface area contributed by atoms with Crippen molar-refractivity contribution in [3.05, 3.63) is 81.8 Å². The summed E-state index contributed by atoms with van der Waals surface area (Å²) >= 11 is 0. The predicted molar refractivity (Wildman–Crippen MR) is 108 cm³/mol. The van der Waals surface area contributed by atoms with Gasteiger partial charge in [0, 0.05) is 17.3 Å². The highest BCUT2D eigenvalue weighted by atomic mass is 16.5. The summed E-state index contributed by atoms with van der Waals surface area (Å²) in [5, 5.41) is 16.8. The number of carbonyl (C=O) groups is 1. The summed E-state index contributed by atoms with van der Waals surface area (Å²) in [5.41, 5.74) is 3.13. The van der Waals surface area contributed by atoms with E-state index < -0.39 is 5.97 Å². The van der Waals surface area contributed by atoms with Crippen LogP contribution in [0.3, 0.4) is 0 Å². The molecule has 4 rings (SSSR count). The number of carboxylic acid groups (broad SMARTS) is 1. The molecule has 0 radical (unpaired) electrons. The minimum absolute atomic E-state index is 0.169. The largest absolute Gasteiger partial charge is 0.478 e. The number of nitrogens with one attached hydrogen (secondary N) is 1. The van der Waals surface area contributed by atoms with E-state index in [1.54, 1.807) is 24.3 Å². The summed E-state index contributed by atoms with van der Waals surface area (Å²) in [4.78, 5) is 24.2. The Morgan fingerprint density at radius 2 is 2.00 bits per heavy atom. The van der Waals surface area contributed by atoms with Crippen LogP contribution in [-0.2, 0) is 0 Å². The number of nitrogens with zero attached hydrogens (tertiary/aromatic N) is 1. The van der Waals surface area contributed by atoms with Crippen molar-refractivity contribution in [1.29, 1.82) is 0 Å². The zero-order chi connectivity index (χ0) is 20.5. The molecule has 2 aromatic carbocycles. The van der Waals surface area contributed by atoms with Gasteiger partial charge in [0.25, 0.3) is 0 Å². The molecular weight excluding hydrogens is 372 g/mol. The molecule has 29 heavy (non-hydrogen) atoms. The van der Waals surface area contributed by atoms with Gasteiger partial charge in [0.1, 0.15) is 17.6 Å². The van der Waals surface area contributed by atoms with E-state index in [9.17, 15) is 14.7 Å². The van der Waals surface area contributed by atoms with Crippen LogP contribution < -0.4 is 10.7 Å². The molecule has 0 spiro atoms. The van der Waals surface area contributed by atoms with E-state index >= 15 is 0 Å². The molecule has 0 bridgehead atoms. The van der Waals surface area contributed by atoms with E-state index in [1.807, 2.05) is 19.9 Å². The molecular formula is C22H18N2O5. The fourth-order valence-electron chi connectivity index (χ4n) is 3.33. The fourth-order valence-corrected chi connectivity index (χ4v) is 3.33. The van der Waals surface area contributed by atoms with Crippen LogP contribution in [0.2, 0.25) is 0 Å². The molecule has 2 N–H and O–H groups in total. The first-order valence-electron chi connectivity index (χ1n) is 9.01. The second kappa shape index (κ2) is 7.27. The molecule has 2 heterocycles. The lowest BCUT2D eigenvalue weighted by Gasteiger charge is -2.19. The Labute approximate surface area is 165 Å². The van der Waals surface area contributed by atoms with E-state index in [0.717, 1.165) is 11.1 Å². The summed E-state index contributed by atoms with van der Waals surface area (Å²) in [6.45, 7) is 3.78. The molecule has 1 atom stereocenters. The standard InChI is InChI=1S/C22H18N2O5/c1-12-7-16(13(2)24-18-6-4-3-5-15(18)22(26)27)21-17(8-12)19(25)9-20(29-21)14-10-23-28-11-14/h3-11,13,24H,1-2H3,(H,26,27). The Bertz CT molecular complexity index is 1260. The van der Waals surface area contributed by atoms with Gasteiger partial charge in [0.05, 0.1) is 28.8 Å². The summed E-state index contributed by atoms with van der Waals surface area (Å²) in [5.74, 6) is -0.664. The van der Waals surface area contributed by atoms with Crippen molar-refractivity contribution >= 4 is 22.6 Å². The highest BCUT2D eigenvalue weighted by Gasteiger charge is 2.18. The molecule has 7 heteroatoms. The van der Waals surface area contributed by atoms with Crippen molar-refractivity contribution in [2.24, 2.45) is 0 Å². The van der Waals surface area contributed by atoms with Gasteiger partial charge in [0.2, 0.25) is 0 Å². The van der Waals surface area contributed by atoms with Crippen LogP contribution in [0.1, 0.15) is 34.5 Å². The maximum Gasteiger partial charge on any atom is 0.337 e. The molecule has 1 unspecified atom stereocenters. The lowest BCUT2D eigenvalue weighted by Crippen LogP contribution is -2.12. The van der Waals surface area contributed by atoms with Crippen LogP contribution in [0.15, 0.2) is 68.7 Å². The average molecular weight is 390 g/mol. The second-order valence-corrected chi connectivity index (χ2v) is 6.84. The molecule has 4 aromatic rings. The van der Waals surface area contributed by atoms with Gasteiger partial charge in [-0.25, -0.2) is 4.79 Å². The summed E-state index contributed by atoms with van der Waals surface area (Å²) in [6, 6.07) is 11.5. The van der Waals surface area contributed by atoms with Gasteiger partial charge in [-0.2, -0.15) is 0 Å². The predicted octanol–water partition coefficient (Wildman–Crippen LogP) is 4.63. The van der Waals surface area contributed by atoms with Crippen LogP contribution in [0.5, 0.6) is 0 Å². The highest BCUT2D eigenvalue weighted by molar-refractivity contribution is 5.94. The molecule has 0 aliphatic rings. The van der Waals surface area contributed by atoms with Gasteiger partial charge in [-0.05, 0) is 37.6 Å². The van der Waals surface area contributed by atoms with E-state index in [0.29, 0.717) is 28.0 Å². The Balaban J connectivity index is 1.84. The SMILES string of the molecule is Cc1cc(C(C)Nc2ccccc2C(=O)O)c2oc(-c3cnoc3)cc(=O)c2c1. The normalized spacial score (nSPS) is 12.1. The Kier molecular flexibility index (Phi) is 4.64. The van der Waals surface area contributed by atoms with Gasteiger partial charge in [-0.3, -0.25) is 4.79 Å². The highest BCUT2D eigenvalue weighted by Crippen LogP contribution is 2.31.